The molecule has 2 aromatic carbocycles. The number of benzene rings is 2. The average molecular weight is 583 g/mol. The van der Waals surface area contributed by atoms with Gasteiger partial charge in [0.25, 0.3) is 5.91 Å². The van der Waals surface area contributed by atoms with Crippen molar-refractivity contribution >= 4 is 55.0 Å². The quantitative estimate of drug-likeness (QED) is 0.249. The molecule has 0 saturated carbocycles. The van der Waals surface area contributed by atoms with E-state index in [1.54, 1.807) is 40.6 Å². The number of thiazole rings is 1. The number of amides is 1. The highest BCUT2D eigenvalue weighted by molar-refractivity contribution is 7.89. The highest BCUT2D eigenvalue weighted by Crippen LogP contribution is 2.32. The van der Waals surface area contributed by atoms with Crippen molar-refractivity contribution in [1.29, 1.82) is 0 Å². The Bertz CT molecular complexity index is 1270. The number of aromatic nitrogens is 1. The topological polar surface area (TPSA) is 83.1 Å². The molecule has 210 valence electrons. The van der Waals surface area contributed by atoms with Crippen LogP contribution < -0.4 is 9.64 Å². The van der Waals surface area contributed by atoms with Crippen molar-refractivity contribution in [3.05, 3.63) is 48.0 Å². The number of fused-ring (bicyclic) bond motifs is 1. The van der Waals surface area contributed by atoms with Gasteiger partial charge in [0.05, 0.1) is 22.2 Å². The van der Waals surface area contributed by atoms with Gasteiger partial charge in [-0.25, -0.2) is 13.4 Å². The number of sulfonamides is 1. The van der Waals surface area contributed by atoms with E-state index in [1.807, 2.05) is 37.2 Å². The maximum atomic E-state index is 13.6. The fraction of sp³-hybridized carbons (Fsp3) is 0.481. The van der Waals surface area contributed by atoms with Crippen LogP contribution >= 0.6 is 23.7 Å². The molecule has 0 unspecified atom stereocenters. The van der Waals surface area contributed by atoms with Crippen LogP contribution in [-0.2, 0) is 10.0 Å². The van der Waals surface area contributed by atoms with Crippen LogP contribution in [-0.4, -0.2) is 75.9 Å². The van der Waals surface area contributed by atoms with Crippen LogP contribution in [0.5, 0.6) is 5.75 Å². The van der Waals surface area contributed by atoms with Crippen molar-refractivity contribution in [2.45, 2.75) is 44.4 Å². The van der Waals surface area contributed by atoms with E-state index in [0.717, 1.165) is 35.9 Å². The maximum Gasteiger partial charge on any atom is 0.260 e. The van der Waals surface area contributed by atoms with Crippen molar-refractivity contribution in [3.63, 3.8) is 0 Å². The monoisotopic (exact) mass is 582 g/mol. The molecule has 1 aromatic heterocycles. The van der Waals surface area contributed by atoms with Gasteiger partial charge in [0.1, 0.15) is 5.75 Å². The van der Waals surface area contributed by atoms with Gasteiger partial charge in [0.15, 0.2) is 5.13 Å². The number of rotatable bonds is 14. The molecule has 3 rings (SSSR count). The minimum Gasteiger partial charge on any atom is -0.497 e. The van der Waals surface area contributed by atoms with Crippen LogP contribution in [0.2, 0.25) is 0 Å². The fourth-order valence-electron chi connectivity index (χ4n) is 3.82. The van der Waals surface area contributed by atoms with Crippen molar-refractivity contribution < 1.29 is 17.9 Å². The lowest BCUT2D eigenvalue weighted by Crippen LogP contribution is -2.37. The van der Waals surface area contributed by atoms with Crippen LogP contribution in [0, 0.1) is 0 Å². The summed E-state index contributed by atoms with van der Waals surface area (Å²) in [7, 11) is 1.89. The maximum absolute atomic E-state index is 13.6. The third kappa shape index (κ3) is 7.89. The van der Waals surface area contributed by atoms with Gasteiger partial charge in [-0.05, 0) is 63.3 Å². The zero-order valence-corrected chi connectivity index (χ0v) is 25.3. The predicted octanol–water partition coefficient (Wildman–Crippen LogP) is 5.53. The Morgan fingerprint density at radius 2 is 1.58 bits per heavy atom. The van der Waals surface area contributed by atoms with Crippen molar-refractivity contribution in [3.8, 4) is 5.75 Å². The summed E-state index contributed by atoms with van der Waals surface area (Å²) < 4.78 is 34.5. The first-order valence-corrected chi connectivity index (χ1v) is 15.0. The summed E-state index contributed by atoms with van der Waals surface area (Å²) in [5.74, 6) is 0.491. The molecule has 3 aromatic rings. The van der Waals surface area contributed by atoms with Gasteiger partial charge in [-0.1, -0.05) is 38.0 Å². The molecule has 0 fully saturated rings. The first kappa shape index (κ1) is 32.0. The molecule has 38 heavy (non-hydrogen) atoms. The zero-order valence-electron chi connectivity index (χ0n) is 22.8. The minimum absolute atomic E-state index is 0. The summed E-state index contributed by atoms with van der Waals surface area (Å²) in [6, 6.07) is 12.0. The molecule has 11 heteroatoms. The minimum atomic E-state index is -3.63. The van der Waals surface area contributed by atoms with Gasteiger partial charge in [0.2, 0.25) is 10.0 Å². The Balaban J connectivity index is 0.00000507. The molecule has 0 aliphatic heterocycles. The number of halogens is 1. The van der Waals surface area contributed by atoms with Crippen LogP contribution in [0.4, 0.5) is 5.13 Å². The smallest absolute Gasteiger partial charge is 0.260 e. The molecule has 1 amide bonds. The number of carbonyl (C=O) groups is 1. The molecule has 8 nitrogen and oxygen atoms in total. The second-order valence-electron chi connectivity index (χ2n) is 9.23. The molecule has 0 saturated heterocycles. The van der Waals surface area contributed by atoms with Gasteiger partial charge < -0.3 is 9.64 Å². The number of hydrogen-bond donors (Lipinski definition) is 0. The standard InChI is InChI=1S/C27H38N4O4S2.ClH/c1-6-8-16-30(17-9-7-2)37(33,34)23-13-10-21(11-14-23)26(32)31(19-18-29(3)4)27-28-24-20-22(35-5)12-15-25(24)36-27;/h10-15,20H,6-9,16-19H2,1-5H3;1H. The third-order valence-electron chi connectivity index (χ3n) is 6.09. The number of hydrogen-bond acceptors (Lipinski definition) is 7. The number of carbonyl (C=O) groups excluding carboxylic acids is 1. The van der Waals surface area contributed by atoms with Gasteiger partial charge in [0, 0.05) is 37.8 Å². The van der Waals surface area contributed by atoms with E-state index in [1.165, 1.54) is 11.3 Å². The Kier molecular flexibility index (Phi) is 12.4. The molecule has 0 spiro atoms. The highest BCUT2D eigenvalue weighted by atomic mass is 35.5. The lowest BCUT2D eigenvalue weighted by molar-refractivity contribution is 0.0985. The van der Waals surface area contributed by atoms with E-state index in [0.29, 0.717) is 42.6 Å². The number of likely N-dealkylation sites (N-methyl/N-ethyl adjacent to an activating group) is 1. The van der Waals surface area contributed by atoms with E-state index < -0.39 is 10.0 Å². The van der Waals surface area contributed by atoms with E-state index in [-0.39, 0.29) is 23.2 Å². The van der Waals surface area contributed by atoms with E-state index in [2.05, 4.69) is 13.8 Å². The van der Waals surface area contributed by atoms with Gasteiger partial charge in [-0.3, -0.25) is 9.69 Å². The molecule has 0 N–H and O–H groups in total. The largest absolute Gasteiger partial charge is 0.497 e. The summed E-state index contributed by atoms with van der Waals surface area (Å²) >= 11 is 1.44. The van der Waals surface area contributed by atoms with E-state index >= 15 is 0 Å². The van der Waals surface area contributed by atoms with Crippen LogP contribution in [0.1, 0.15) is 49.9 Å². The number of ether oxygens (including phenoxy) is 1. The second-order valence-corrected chi connectivity index (χ2v) is 12.2. The van der Waals surface area contributed by atoms with Crippen LogP contribution in [0.25, 0.3) is 10.2 Å². The normalized spacial score (nSPS) is 11.7. The lowest BCUT2D eigenvalue weighted by atomic mass is 10.2. The Hall–Kier alpha value is -2.24. The SMILES string of the molecule is CCCCN(CCCC)S(=O)(=O)c1ccc(C(=O)N(CCN(C)C)c2nc3cc(OC)ccc3s2)cc1.Cl. The van der Waals surface area contributed by atoms with Crippen LogP contribution in [0.3, 0.4) is 0 Å². The molecule has 0 radical (unpaired) electrons. The van der Waals surface area contributed by atoms with Gasteiger partial charge >= 0.3 is 0 Å². The van der Waals surface area contributed by atoms with Gasteiger partial charge in [-0.15, -0.1) is 12.4 Å². The van der Waals surface area contributed by atoms with E-state index in [4.69, 9.17) is 9.72 Å². The Morgan fingerprint density at radius 3 is 2.13 bits per heavy atom. The Labute approximate surface area is 237 Å². The second kappa shape index (κ2) is 14.8. The Morgan fingerprint density at radius 1 is 0.947 bits per heavy atom. The number of methoxy groups -OCH3 is 1. The molecule has 0 bridgehead atoms. The molecule has 0 atom stereocenters. The van der Waals surface area contributed by atoms with Crippen molar-refractivity contribution in [2.75, 3.05) is 52.3 Å². The summed E-state index contributed by atoms with van der Waals surface area (Å²) in [6.07, 6.45) is 3.47. The first-order chi connectivity index (χ1) is 17.7. The number of unbranched alkanes of at least 4 members (excludes halogenated alkanes) is 2. The predicted molar refractivity (Wildman–Crippen MR) is 159 cm³/mol. The number of anilines is 1. The summed E-state index contributed by atoms with van der Waals surface area (Å²) in [6.45, 7) is 6.20. The molecular formula is C27H39ClN4O4S2. The third-order valence-corrected chi connectivity index (χ3v) is 9.06. The molecule has 1 heterocycles. The van der Waals surface area contributed by atoms with E-state index in [9.17, 15) is 13.2 Å². The molecular weight excluding hydrogens is 544 g/mol. The summed E-state index contributed by atoms with van der Waals surface area (Å²) in [5.41, 5.74) is 1.19. The van der Waals surface area contributed by atoms with Crippen molar-refractivity contribution in [2.24, 2.45) is 0 Å². The number of nitrogens with zero attached hydrogens (tertiary/aromatic N) is 4. The zero-order chi connectivity index (χ0) is 27.0. The fourth-order valence-corrected chi connectivity index (χ4v) is 6.30. The summed E-state index contributed by atoms with van der Waals surface area (Å²) in [4.78, 5) is 22.2. The first-order valence-electron chi connectivity index (χ1n) is 12.7. The van der Waals surface area contributed by atoms with Gasteiger partial charge in [-0.2, -0.15) is 4.31 Å². The van der Waals surface area contributed by atoms with Crippen molar-refractivity contribution in [1.82, 2.24) is 14.2 Å². The average Bonchev–Trinajstić information content (AvgIpc) is 3.31. The summed E-state index contributed by atoms with van der Waals surface area (Å²) in [5, 5.41) is 0.595. The molecule has 0 aliphatic carbocycles. The highest BCUT2D eigenvalue weighted by Gasteiger charge is 2.26. The van der Waals surface area contributed by atoms with Crippen LogP contribution in [0.15, 0.2) is 47.4 Å². The molecule has 0 aliphatic rings. The lowest BCUT2D eigenvalue weighted by Gasteiger charge is -2.23.